The maximum atomic E-state index is 13.7. The molecule has 0 aliphatic carbocycles. The first kappa shape index (κ1) is 25.0. The lowest BCUT2D eigenvalue weighted by Gasteiger charge is -2.26. The summed E-state index contributed by atoms with van der Waals surface area (Å²) < 4.78 is 80.3. The van der Waals surface area contributed by atoms with Crippen LogP contribution in [0, 0.1) is 0 Å². The van der Waals surface area contributed by atoms with Crippen molar-refractivity contribution >= 4 is 0 Å². The third kappa shape index (κ3) is 6.15. The normalized spacial score (nSPS) is 13.5. The van der Waals surface area contributed by atoms with Crippen molar-refractivity contribution in [2.24, 2.45) is 0 Å². The number of aromatic hydroxyl groups is 1. The van der Waals surface area contributed by atoms with E-state index in [0.29, 0.717) is 17.2 Å². The molecule has 2 nitrogen and oxygen atoms in total. The zero-order valence-corrected chi connectivity index (χ0v) is 18.3. The zero-order valence-electron chi connectivity index (χ0n) is 18.3. The van der Waals surface area contributed by atoms with Crippen LogP contribution in [0.4, 0.5) is 26.3 Å². The van der Waals surface area contributed by atoms with Crippen LogP contribution in [-0.2, 0) is 24.3 Å². The van der Waals surface area contributed by atoms with Crippen LogP contribution in [0.15, 0.2) is 30.3 Å². The maximum absolute atomic E-state index is 13.7. The first-order chi connectivity index (χ1) is 13.8. The first-order valence-corrected chi connectivity index (χ1v) is 9.71. The summed E-state index contributed by atoms with van der Waals surface area (Å²) in [4.78, 5) is 0. The van der Waals surface area contributed by atoms with Gasteiger partial charge in [-0.1, -0.05) is 32.9 Å². The Balaban J connectivity index is 2.80. The molecule has 0 aliphatic heterocycles. The summed E-state index contributed by atoms with van der Waals surface area (Å²) in [5.41, 5.74) is -3.27. The van der Waals surface area contributed by atoms with Gasteiger partial charge in [0.05, 0.1) is 11.1 Å². The highest BCUT2D eigenvalue weighted by Gasteiger charge is 2.39. The molecule has 2 rings (SSSR count). The minimum atomic E-state index is -5.04. The van der Waals surface area contributed by atoms with E-state index in [4.69, 9.17) is 0 Å². The molecule has 0 saturated heterocycles. The topological polar surface area (TPSA) is 32.3 Å². The number of hydrogen-bond acceptors (Lipinski definition) is 2. The minimum Gasteiger partial charge on any atom is -0.507 e. The van der Waals surface area contributed by atoms with Crippen molar-refractivity contribution in [3.05, 3.63) is 52.6 Å². The summed E-state index contributed by atoms with van der Waals surface area (Å²) in [5, 5.41) is 14.0. The SMILES string of the molecule is CC(C)(C)NCc1cc(C(C)(C)C)cc(-c2ccc(C(F)(F)F)cc2C(F)(F)F)c1O. The van der Waals surface area contributed by atoms with E-state index < -0.39 is 40.2 Å². The molecule has 0 unspecified atom stereocenters. The largest absolute Gasteiger partial charge is 0.507 e. The zero-order chi connectivity index (χ0) is 24.0. The molecular formula is C23H27F6NO. The number of phenolic OH excluding ortho intramolecular Hbond substituents is 1. The van der Waals surface area contributed by atoms with E-state index >= 15 is 0 Å². The van der Waals surface area contributed by atoms with E-state index in [1.165, 1.54) is 6.07 Å². The Hall–Kier alpha value is -2.22. The number of phenols is 1. The molecular weight excluding hydrogens is 420 g/mol. The van der Waals surface area contributed by atoms with Crippen LogP contribution >= 0.6 is 0 Å². The van der Waals surface area contributed by atoms with Crippen LogP contribution in [-0.4, -0.2) is 10.6 Å². The Morgan fingerprint density at radius 3 is 1.77 bits per heavy atom. The van der Waals surface area contributed by atoms with Gasteiger partial charge in [-0.25, -0.2) is 0 Å². The number of benzene rings is 2. The second-order valence-corrected chi connectivity index (χ2v) is 9.64. The summed E-state index contributed by atoms with van der Waals surface area (Å²) in [5.74, 6) is -0.394. The molecule has 0 fully saturated rings. The van der Waals surface area contributed by atoms with Crippen molar-refractivity contribution in [1.82, 2.24) is 5.32 Å². The number of alkyl halides is 6. The summed E-state index contributed by atoms with van der Waals surface area (Å²) >= 11 is 0. The van der Waals surface area contributed by atoms with Gasteiger partial charge in [-0.3, -0.25) is 0 Å². The summed E-state index contributed by atoms with van der Waals surface area (Å²) in [7, 11) is 0. The van der Waals surface area contributed by atoms with Crippen molar-refractivity contribution in [2.45, 2.75) is 71.4 Å². The van der Waals surface area contributed by atoms with Crippen LogP contribution in [0.25, 0.3) is 11.1 Å². The molecule has 0 bridgehead atoms. The number of hydrogen-bond donors (Lipinski definition) is 2. The Labute approximate surface area is 178 Å². The van der Waals surface area contributed by atoms with E-state index in [-0.39, 0.29) is 23.7 Å². The van der Waals surface area contributed by atoms with E-state index in [9.17, 15) is 31.4 Å². The van der Waals surface area contributed by atoms with Gasteiger partial charge in [-0.05, 0) is 55.5 Å². The highest BCUT2D eigenvalue weighted by Crippen LogP contribution is 2.45. The van der Waals surface area contributed by atoms with Crippen LogP contribution in [0.5, 0.6) is 5.75 Å². The summed E-state index contributed by atoms with van der Waals surface area (Å²) in [6.45, 7) is 11.5. The first-order valence-electron chi connectivity index (χ1n) is 9.71. The molecule has 0 heterocycles. The van der Waals surface area contributed by atoms with Crippen LogP contribution in [0.2, 0.25) is 0 Å². The fourth-order valence-corrected chi connectivity index (χ4v) is 3.02. The molecule has 0 spiro atoms. The van der Waals surface area contributed by atoms with Crippen molar-refractivity contribution in [2.75, 3.05) is 0 Å². The third-order valence-electron chi connectivity index (χ3n) is 4.81. The molecule has 0 saturated carbocycles. The standard InChI is InChI=1S/C23H27F6NO/c1-20(2,3)15-9-13(12-30-21(4,5)6)19(31)17(10-15)16-8-7-14(22(24,25)26)11-18(16)23(27,28)29/h7-11,30-31H,12H2,1-6H3. The van der Waals surface area contributed by atoms with Gasteiger partial charge < -0.3 is 10.4 Å². The lowest BCUT2D eigenvalue weighted by Crippen LogP contribution is -2.35. The number of nitrogens with one attached hydrogen (secondary N) is 1. The van der Waals surface area contributed by atoms with Crippen molar-refractivity contribution in [1.29, 1.82) is 0 Å². The van der Waals surface area contributed by atoms with Gasteiger partial charge in [0.2, 0.25) is 0 Å². The Morgan fingerprint density at radius 1 is 0.742 bits per heavy atom. The fraction of sp³-hybridized carbons (Fsp3) is 0.478. The van der Waals surface area contributed by atoms with E-state index in [2.05, 4.69) is 5.32 Å². The molecule has 0 radical (unpaired) electrons. The summed E-state index contributed by atoms with van der Waals surface area (Å²) in [6.07, 6.45) is -9.96. The molecule has 0 amide bonds. The van der Waals surface area contributed by atoms with Gasteiger partial charge >= 0.3 is 12.4 Å². The fourth-order valence-electron chi connectivity index (χ4n) is 3.02. The Morgan fingerprint density at radius 2 is 1.32 bits per heavy atom. The van der Waals surface area contributed by atoms with Crippen molar-refractivity contribution in [3.8, 4) is 16.9 Å². The molecule has 2 aromatic rings. The highest BCUT2D eigenvalue weighted by molar-refractivity contribution is 5.76. The minimum absolute atomic E-state index is 0.0889. The molecule has 2 aromatic carbocycles. The predicted octanol–water partition coefficient (Wildman–Crippen LogP) is 7.28. The quantitative estimate of drug-likeness (QED) is 0.485. The molecule has 2 N–H and O–H groups in total. The molecule has 31 heavy (non-hydrogen) atoms. The third-order valence-corrected chi connectivity index (χ3v) is 4.81. The maximum Gasteiger partial charge on any atom is 0.417 e. The lowest BCUT2D eigenvalue weighted by molar-refractivity contribution is -0.142. The second kappa shape index (κ2) is 8.04. The van der Waals surface area contributed by atoms with E-state index in [1.54, 1.807) is 6.07 Å². The van der Waals surface area contributed by atoms with Gasteiger partial charge in [0.1, 0.15) is 5.75 Å². The predicted molar refractivity (Wildman–Crippen MR) is 109 cm³/mol. The number of rotatable bonds is 3. The van der Waals surface area contributed by atoms with Crippen molar-refractivity contribution < 1.29 is 31.4 Å². The van der Waals surface area contributed by atoms with Gasteiger partial charge in [-0.15, -0.1) is 0 Å². The second-order valence-electron chi connectivity index (χ2n) is 9.64. The van der Waals surface area contributed by atoms with E-state index in [0.717, 1.165) is 6.07 Å². The number of halogens is 6. The van der Waals surface area contributed by atoms with E-state index in [1.807, 2.05) is 41.5 Å². The van der Waals surface area contributed by atoms with Gasteiger partial charge in [0.25, 0.3) is 0 Å². The van der Waals surface area contributed by atoms with Crippen LogP contribution in [0.1, 0.15) is 63.8 Å². The lowest BCUT2D eigenvalue weighted by atomic mass is 9.83. The molecule has 0 aromatic heterocycles. The highest BCUT2D eigenvalue weighted by atomic mass is 19.4. The van der Waals surface area contributed by atoms with Crippen LogP contribution in [0.3, 0.4) is 0 Å². The molecule has 8 heteroatoms. The average Bonchev–Trinajstić information content (AvgIpc) is 2.57. The summed E-state index contributed by atoms with van der Waals surface area (Å²) in [6, 6.07) is 4.57. The molecule has 172 valence electrons. The van der Waals surface area contributed by atoms with Gasteiger partial charge in [0, 0.05) is 23.2 Å². The molecule has 0 atom stereocenters. The monoisotopic (exact) mass is 447 g/mol. The average molecular weight is 447 g/mol. The molecule has 0 aliphatic rings. The van der Waals surface area contributed by atoms with Crippen LogP contribution < -0.4 is 5.32 Å². The van der Waals surface area contributed by atoms with Gasteiger partial charge in [0.15, 0.2) is 0 Å². The van der Waals surface area contributed by atoms with Crippen molar-refractivity contribution in [3.63, 3.8) is 0 Å². The smallest absolute Gasteiger partial charge is 0.417 e. The van der Waals surface area contributed by atoms with Gasteiger partial charge in [-0.2, -0.15) is 26.3 Å². The Kier molecular flexibility index (Phi) is 6.50. The Bertz CT molecular complexity index is 947.